The summed E-state index contributed by atoms with van der Waals surface area (Å²) in [7, 11) is 0. The van der Waals surface area contributed by atoms with Crippen LogP contribution in [-0.4, -0.2) is 0 Å². The van der Waals surface area contributed by atoms with E-state index in [0.29, 0.717) is 0 Å². The number of fused-ring (bicyclic) bond motifs is 1. The van der Waals surface area contributed by atoms with Gasteiger partial charge < -0.3 is 10.6 Å². The molecule has 1 aliphatic rings. The van der Waals surface area contributed by atoms with Gasteiger partial charge in [-0.05, 0) is 35.2 Å². The third-order valence-corrected chi connectivity index (χ3v) is 3.97. The standard InChI is InChI=1S/C17H20N2/c1-2-17(18)13-7-9-16(10-8-13)19-11-14-5-3-4-6-15(14)12-19/h3-10,17H,2,11-12,18H2,1H3/t17-/m0/s1. The molecule has 0 radical (unpaired) electrons. The molecule has 1 aliphatic heterocycles. The van der Waals surface area contributed by atoms with Crippen molar-refractivity contribution in [2.75, 3.05) is 4.90 Å². The smallest absolute Gasteiger partial charge is 0.0436 e. The van der Waals surface area contributed by atoms with Crippen molar-refractivity contribution in [2.45, 2.75) is 32.5 Å². The minimum Gasteiger partial charge on any atom is -0.363 e. The lowest BCUT2D eigenvalue weighted by atomic mass is 10.1. The maximum absolute atomic E-state index is 6.05. The number of nitrogens with two attached hydrogens (primary N) is 1. The fourth-order valence-corrected chi connectivity index (χ4v) is 2.68. The molecular formula is C17H20N2. The predicted octanol–water partition coefficient (Wildman–Crippen LogP) is 3.62. The maximum atomic E-state index is 6.05. The first-order valence-electron chi connectivity index (χ1n) is 6.95. The lowest BCUT2D eigenvalue weighted by Crippen LogP contribution is -2.15. The fourth-order valence-electron chi connectivity index (χ4n) is 2.68. The Balaban J connectivity index is 1.78. The Morgan fingerprint density at radius 1 is 1.00 bits per heavy atom. The van der Waals surface area contributed by atoms with Gasteiger partial charge in [-0.25, -0.2) is 0 Å². The molecule has 0 spiro atoms. The molecule has 0 fully saturated rings. The van der Waals surface area contributed by atoms with Crippen LogP contribution in [0, 0.1) is 0 Å². The molecule has 0 saturated heterocycles. The number of benzene rings is 2. The summed E-state index contributed by atoms with van der Waals surface area (Å²) in [6, 6.07) is 17.5. The van der Waals surface area contributed by atoms with E-state index in [-0.39, 0.29) is 6.04 Å². The minimum atomic E-state index is 0.157. The van der Waals surface area contributed by atoms with Crippen LogP contribution in [0.4, 0.5) is 5.69 Å². The van der Waals surface area contributed by atoms with Crippen molar-refractivity contribution in [3.8, 4) is 0 Å². The molecule has 1 heterocycles. The third-order valence-electron chi connectivity index (χ3n) is 3.97. The summed E-state index contributed by atoms with van der Waals surface area (Å²) in [5, 5.41) is 0. The van der Waals surface area contributed by atoms with Crippen LogP contribution >= 0.6 is 0 Å². The summed E-state index contributed by atoms with van der Waals surface area (Å²) in [6.45, 7) is 4.14. The van der Waals surface area contributed by atoms with Crippen molar-refractivity contribution in [2.24, 2.45) is 5.73 Å². The van der Waals surface area contributed by atoms with Gasteiger partial charge in [-0.1, -0.05) is 43.3 Å². The molecule has 0 amide bonds. The summed E-state index contributed by atoms with van der Waals surface area (Å²) in [5.41, 5.74) is 11.4. The van der Waals surface area contributed by atoms with Gasteiger partial charge in [0.05, 0.1) is 0 Å². The van der Waals surface area contributed by atoms with Gasteiger partial charge in [0.25, 0.3) is 0 Å². The molecule has 2 heteroatoms. The highest BCUT2D eigenvalue weighted by atomic mass is 15.1. The number of hydrogen-bond donors (Lipinski definition) is 1. The van der Waals surface area contributed by atoms with Crippen molar-refractivity contribution in [1.82, 2.24) is 0 Å². The molecule has 1 atom stereocenters. The highest BCUT2D eigenvalue weighted by molar-refractivity contribution is 5.52. The van der Waals surface area contributed by atoms with Crippen LogP contribution in [0.2, 0.25) is 0 Å². The van der Waals surface area contributed by atoms with Gasteiger partial charge in [0.2, 0.25) is 0 Å². The van der Waals surface area contributed by atoms with E-state index >= 15 is 0 Å². The first-order chi connectivity index (χ1) is 9.28. The third kappa shape index (κ3) is 2.36. The van der Waals surface area contributed by atoms with Crippen molar-refractivity contribution < 1.29 is 0 Å². The lowest BCUT2D eigenvalue weighted by molar-refractivity contribution is 0.698. The SMILES string of the molecule is CC[C@H](N)c1ccc(N2Cc3ccccc3C2)cc1. The Hall–Kier alpha value is -1.80. The van der Waals surface area contributed by atoms with E-state index < -0.39 is 0 Å². The Labute approximate surface area is 114 Å². The second kappa shape index (κ2) is 5.06. The topological polar surface area (TPSA) is 29.3 Å². The van der Waals surface area contributed by atoms with Crippen LogP contribution in [0.1, 0.15) is 36.1 Å². The van der Waals surface area contributed by atoms with Gasteiger partial charge in [0, 0.05) is 24.8 Å². The summed E-state index contributed by atoms with van der Waals surface area (Å²) in [4.78, 5) is 2.41. The fraction of sp³-hybridized carbons (Fsp3) is 0.294. The maximum Gasteiger partial charge on any atom is 0.0436 e. The Morgan fingerprint density at radius 2 is 1.58 bits per heavy atom. The number of hydrogen-bond acceptors (Lipinski definition) is 2. The first-order valence-corrected chi connectivity index (χ1v) is 6.95. The van der Waals surface area contributed by atoms with Crippen LogP contribution in [0.5, 0.6) is 0 Å². The molecule has 0 saturated carbocycles. The summed E-state index contributed by atoms with van der Waals surface area (Å²) < 4.78 is 0. The van der Waals surface area contributed by atoms with Gasteiger partial charge in [-0.3, -0.25) is 0 Å². The zero-order valence-electron chi connectivity index (χ0n) is 11.3. The zero-order valence-corrected chi connectivity index (χ0v) is 11.3. The number of rotatable bonds is 3. The van der Waals surface area contributed by atoms with Crippen LogP contribution < -0.4 is 10.6 Å². The number of anilines is 1. The normalized spacial score (nSPS) is 15.4. The minimum absolute atomic E-state index is 0.157. The van der Waals surface area contributed by atoms with E-state index in [0.717, 1.165) is 19.5 Å². The molecule has 3 rings (SSSR count). The van der Waals surface area contributed by atoms with Crippen LogP contribution in [0.3, 0.4) is 0 Å². The van der Waals surface area contributed by atoms with Crippen molar-refractivity contribution >= 4 is 5.69 Å². The van der Waals surface area contributed by atoms with Gasteiger partial charge in [0.15, 0.2) is 0 Å². The van der Waals surface area contributed by atoms with E-state index in [1.165, 1.54) is 22.4 Å². The van der Waals surface area contributed by atoms with E-state index in [1.54, 1.807) is 0 Å². The Bertz CT molecular complexity index is 535. The van der Waals surface area contributed by atoms with Crippen molar-refractivity contribution in [3.63, 3.8) is 0 Å². The molecule has 0 unspecified atom stereocenters. The van der Waals surface area contributed by atoms with Gasteiger partial charge in [-0.2, -0.15) is 0 Å². The second-order valence-electron chi connectivity index (χ2n) is 5.23. The molecule has 2 aromatic rings. The lowest BCUT2D eigenvalue weighted by Gasteiger charge is -2.19. The molecular weight excluding hydrogens is 232 g/mol. The molecule has 0 aromatic heterocycles. The van der Waals surface area contributed by atoms with Crippen molar-refractivity contribution in [3.05, 3.63) is 65.2 Å². The molecule has 2 N–H and O–H groups in total. The predicted molar refractivity (Wildman–Crippen MR) is 80.0 cm³/mol. The highest BCUT2D eigenvalue weighted by Gasteiger charge is 2.18. The van der Waals surface area contributed by atoms with Gasteiger partial charge in [-0.15, -0.1) is 0 Å². The monoisotopic (exact) mass is 252 g/mol. The molecule has 2 aromatic carbocycles. The summed E-state index contributed by atoms with van der Waals surface area (Å²) >= 11 is 0. The average Bonchev–Trinajstić information content (AvgIpc) is 2.90. The molecule has 98 valence electrons. The molecule has 0 bridgehead atoms. The number of nitrogens with zero attached hydrogens (tertiary/aromatic N) is 1. The average molecular weight is 252 g/mol. The van der Waals surface area contributed by atoms with Crippen LogP contribution in [0.25, 0.3) is 0 Å². The summed E-state index contributed by atoms with van der Waals surface area (Å²) in [5.74, 6) is 0. The quantitative estimate of drug-likeness (QED) is 0.904. The van der Waals surface area contributed by atoms with Crippen LogP contribution in [0.15, 0.2) is 48.5 Å². The van der Waals surface area contributed by atoms with E-state index in [9.17, 15) is 0 Å². The Morgan fingerprint density at radius 3 is 2.11 bits per heavy atom. The van der Waals surface area contributed by atoms with E-state index in [4.69, 9.17) is 5.73 Å². The largest absolute Gasteiger partial charge is 0.363 e. The van der Waals surface area contributed by atoms with E-state index in [1.807, 2.05) is 0 Å². The zero-order chi connectivity index (χ0) is 13.2. The summed E-state index contributed by atoms with van der Waals surface area (Å²) in [6.07, 6.45) is 0.981. The molecule has 19 heavy (non-hydrogen) atoms. The van der Waals surface area contributed by atoms with Gasteiger partial charge >= 0.3 is 0 Å². The Kier molecular flexibility index (Phi) is 3.26. The van der Waals surface area contributed by atoms with E-state index in [2.05, 4.69) is 60.4 Å². The van der Waals surface area contributed by atoms with Gasteiger partial charge in [0.1, 0.15) is 0 Å². The molecule has 0 aliphatic carbocycles. The first kappa shape index (κ1) is 12.2. The molecule has 2 nitrogen and oxygen atoms in total. The van der Waals surface area contributed by atoms with Crippen molar-refractivity contribution in [1.29, 1.82) is 0 Å². The van der Waals surface area contributed by atoms with Crippen LogP contribution in [-0.2, 0) is 13.1 Å². The highest BCUT2D eigenvalue weighted by Crippen LogP contribution is 2.28. The second-order valence-corrected chi connectivity index (χ2v) is 5.23.